The third-order valence-corrected chi connectivity index (χ3v) is 12.8. The predicted octanol–water partition coefficient (Wildman–Crippen LogP) is 6.17. The van der Waals surface area contributed by atoms with Crippen LogP contribution < -0.4 is 0 Å². The average Bonchev–Trinajstić information content (AvgIpc) is 3.01. The van der Waals surface area contributed by atoms with Crippen LogP contribution in [-0.2, 0) is 24.8 Å². The van der Waals surface area contributed by atoms with Crippen molar-refractivity contribution in [3.63, 3.8) is 0 Å². The highest BCUT2D eigenvalue weighted by Crippen LogP contribution is 2.48. The van der Waals surface area contributed by atoms with E-state index in [2.05, 4.69) is 0 Å². The summed E-state index contributed by atoms with van der Waals surface area (Å²) < 4.78 is 60.2. The molecule has 2 saturated heterocycles. The smallest absolute Gasteiger partial charge is 0.245 e. The highest BCUT2D eigenvalue weighted by molar-refractivity contribution is 7.89. The summed E-state index contributed by atoms with van der Waals surface area (Å²) in [4.78, 5) is 14.0. The molecule has 0 bridgehead atoms. The number of benzene rings is 4. The zero-order chi connectivity index (χ0) is 30.4. The molecule has 0 amide bonds. The molecule has 0 saturated carbocycles. The van der Waals surface area contributed by atoms with Crippen LogP contribution in [0.15, 0.2) is 119 Å². The van der Waals surface area contributed by atoms with Gasteiger partial charge < -0.3 is 0 Å². The lowest BCUT2D eigenvalue weighted by atomic mass is 9.77. The van der Waals surface area contributed by atoms with Gasteiger partial charge in [0.25, 0.3) is 0 Å². The molecule has 0 radical (unpaired) electrons. The Bertz CT molecular complexity index is 1850. The third-order valence-electron chi connectivity index (χ3n) is 8.48. The Kier molecular flexibility index (Phi) is 8.04. The summed E-state index contributed by atoms with van der Waals surface area (Å²) in [6.07, 6.45) is 0.0325. The van der Waals surface area contributed by atoms with Crippen molar-refractivity contribution in [3.8, 4) is 0 Å². The second-order valence-corrected chi connectivity index (χ2v) is 15.2. The topological polar surface area (TPSA) is 91.8 Å². The number of hydrogen-bond donors (Lipinski definition) is 0. The first-order valence-electron chi connectivity index (χ1n) is 14.1. The van der Waals surface area contributed by atoms with Crippen molar-refractivity contribution < 1.29 is 21.6 Å². The van der Waals surface area contributed by atoms with Crippen molar-refractivity contribution in [1.82, 2.24) is 8.61 Å². The number of aryl methyl sites for hydroxylation is 1. The quantitative estimate of drug-likeness (QED) is 0.253. The third kappa shape index (κ3) is 5.45. The van der Waals surface area contributed by atoms with Crippen molar-refractivity contribution in [2.45, 2.75) is 47.7 Å². The summed E-state index contributed by atoms with van der Waals surface area (Å²) in [6, 6.07) is 29.0. The van der Waals surface area contributed by atoms with E-state index < -0.39 is 44.1 Å². The fraction of sp³-hybridized carbons (Fsp3) is 0.242. The van der Waals surface area contributed by atoms with Gasteiger partial charge in [-0.2, -0.15) is 8.61 Å². The minimum Gasteiger partial charge on any atom is -0.299 e. The highest BCUT2D eigenvalue weighted by atomic mass is 35.5. The molecule has 0 aliphatic carbocycles. The Morgan fingerprint density at radius 2 is 1.26 bits per heavy atom. The first-order chi connectivity index (χ1) is 20.6. The van der Waals surface area contributed by atoms with Gasteiger partial charge in [-0.25, -0.2) is 16.8 Å². The molecule has 0 spiro atoms. The van der Waals surface area contributed by atoms with Crippen molar-refractivity contribution in [3.05, 3.63) is 131 Å². The summed E-state index contributed by atoms with van der Waals surface area (Å²) in [5, 5.41) is 0.0825. The lowest BCUT2D eigenvalue weighted by Crippen LogP contribution is -2.60. The minimum atomic E-state index is -4.16. The van der Waals surface area contributed by atoms with Crippen LogP contribution >= 0.6 is 11.6 Å². The van der Waals surface area contributed by atoms with E-state index in [-0.39, 0.29) is 40.0 Å². The van der Waals surface area contributed by atoms with Crippen molar-refractivity contribution in [2.24, 2.45) is 5.92 Å². The maximum atomic E-state index is 14.5. The number of carbonyl (C=O) groups is 1. The summed E-state index contributed by atoms with van der Waals surface area (Å²) in [5.74, 6) is -1.03. The molecular weight excluding hydrogens is 604 g/mol. The van der Waals surface area contributed by atoms with Gasteiger partial charge in [0.2, 0.25) is 20.0 Å². The molecule has 2 heterocycles. The molecule has 2 fully saturated rings. The van der Waals surface area contributed by atoms with Crippen LogP contribution in [0, 0.1) is 12.8 Å². The number of carbonyl (C=O) groups excluding carboxylic acids is 1. The molecule has 4 aromatic rings. The van der Waals surface area contributed by atoms with Crippen molar-refractivity contribution in [1.29, 1.82) is 0 Å². The molecule has 0 N–H and O–H groups in total. The zero-order valence-electron chi connectivity index (χ0n) is 23.5. The standard InChI is InChI=1S/C33H31ClN2O5S2/c1-23-16-18-26(19-17-23)42(38,39)36-30(25-12-6-3-7-13-25)21-32(37)27-22-35(43(40,41)33-15-9-8-14-28(33)34)29(20-31(27)36)24-10-4-2-5-11-24/h2-19,27,29-31H,20-22H2,1H3/t27-,29?,30?,31+/m1/s1. The van der Waals surface area contributed by atoms with Gasteiger partial charge >= 0.3 is 0 Å². The van der Waals surface area contributed by atoms with E-state index in [0.717, 1.165) is 5.56 Å². The minimum absolute atomic E-state index is 0.0504. The molecule has 6 rings (SSSR count). The summed E-state index contributed by atoms with van der Waals surface area (Å²) in [6.45, 7) is 1.72. The van der Waals surface area contributed by atoms with Gasteiger partial charge in [0.15, 0.2) is 0 Å². The number of sulfonamides is 2. The van der Waals surface area contributed by atoms with Crippen LogP contribution in [0.25, 0.3) is 0 Å². The summed E-state index contributed by atoms with van der Waals surface area (Å²) in [5.41, 5.74) is 2.35. The molecule has 7 nitrogen and oxygen atoms in total. The Morgan fingerprint density at radius 1 is 0.698 bits per heavy atom. The lowest BCUT2D eigenvalue weighted by molar-refractivity contribution is -0.132. The second-order valence-electron chi connectivity index (χ2n) is 11.1. The number of rotatable bonds is 6. The Labute approximate surface area is 257 Å². The van der Waals surface area contributed by atoms with Gasteiger partial charge in [0.1, 0.15) is 10.7 Å². The molecule has 2 aliphatic rings. The van der Waals surface area contributed by atoms with E-state index in [4.69, 9.17) is 11.6 Å². The number of ketones is 1. The lowest BCUT2D eigenvalue weighted by Gasteiger charge is -2.51. The predicted molar refractivity (Wildman–Crippen MR) is 165 cm³/mol. The first-order valence-corrected chi connectivity index (χ1v) is 17.3. The highest BCUT2D eigenvalue weighted by Gasteiger charge is 2.54. The number of Topliss-reactive ketones (excluding diaryl/α,β-unsaturated/α-hetero) is 1. The molecule has 0 aromatic heterocycles. The van der Waals surface area contributed by atoms with E-state index in [9.17, 15) is 21.6 Å². The molecule has 43 heavy (non-hydrogen) atoms. The van der Waals surface area contributed by atoms with Crippen LogP contribution in [0.1, 0.15) is 41.6 Å². The second kappa shape index (κ2) is 11.6. The molecular formula is C33H31ClN2O5S2. The molecule has 4 atom stereocenters. The Hall–Kier alpha value is -3.34. The maximum absolute atomic E-state index is 14.5. The number of piperidine rings is 2. The SMILES string of the molecule is Cc1ccc(S(=O)(=O)N2C(c3ccccc3)CC(=O)[C@@H]3CN(S(=O)(=O)c4ccccc4Cl)C(c4ccccc4)C[C@@H]32)cc1. The molecule has 10 heteroatoms. The normalized spacial score (nSPS) is 23.5. The molecule has 2 unspecified atom stereocenters. The number of halogens is 1. The van der Waals surface area contributed by atoms with E-state index in [1.54, 1.807) is 36.4 Å². The van der Waals surface area contributed by atoms with E-state index in [1.165, 1.54) is 20.7 Å². The molecule has 4 aromatic carbocycles. The zero-order valence-corrected chi connectivity index (χ0v) is 25.8. The number of fused-ring (bicyclic) bond motifs is 1. The Balaban J connectivity index is 1.51. The van der Waals surface area contributed by atoms with Crippen LogP contribution in [0.3, 0.4) is 0 Å². The number of hydrogen-bond acceptors (Lipinski definition) is 5. The van der Waals surface area contributed by atoms with E-state index in [1.807, 2.05) is 67.6 Å². The summed E-state index contributed by atoms with van der Waals surface area (Å²) in [7, 11) is -8.25. The fourth-order valence-corrected chi connectivity index (χ4v) is 10.3. The van der Waals surface area contributed by atoms with Crippen LogP contribution in [-0.4, -0.2) is 43.8 Å². The largest absolute Gasteiger partial charge is 0.299 e. The monoisotopic (exact) mass is 634 g/mol. The van der Waals surface area contributed by atoms with Crippen LogP contribution in [0.5, 0.6) is 0 Å². The maximum Gasteiger partial charge on any atom is 0.245 e. The van der Waals surface area contributed by atoms with Crippen LogP contribution in [0.2, 0.25) is 5.02 Å². The van der Waals surface area contributed by atoms with Crippen molar-refractivity contribution in [2.75, 3.05) is 6.54 Å². The summed E-state index contributed by atoms with van der Waals surface area (Å²) >= 11 is 6.38. The van der Waals surface area contributed by atoms with Crippen molar-refractivity contribution >= 4 is 37.4 Å². The first kappa shape index (κ1) is 29.7. The van der Waals surface area contributed by atoms with Gasteiger partial charge in [-0.15, -0.1) is 0 Å². The van der Waals surface area contributed by atoms with Crippen LogP contribution in [0.4, 0.5) is 0 Å². The van der Waals surface area contributed by atoms with Gasteiger partial charge in [-0.1, -0.05) is 102 Å². The van der Waals surface area contributed by atoms with Gasteiger partial charge in [0, 0.05) is 24.9 Å². The van der Waals surface area contributed by atoms with E-state index in [0.29, 0.717) is 11.1 Å². The van der Waals surface area contributed by atoms with Gasteiger partial charge in [-0.3, -0.25) is 4.79 Å². The molecule has 222 valence electrons. The fourth-order valence-electron chi connectivity index (χ4n) is 6.36. The molecule has 2 aliphatic heterocycles. The van der Waals surface area contributed by atoms with E-state index >= 15 is 0 Å². The van der Waals surface area contributed by atoms with Gasteiger partial charge in [0.05, 0.1) is 22.0 Å². The van der Waals surface area contributed by atoms with Gasteiger partial charge in [-0.05, 0) is 48.7 Å². The number of nitrogens with zero attached hydrogens (tertiary/aromatic N) is 2. The Morgan fingerprint density at radius 3 is 1.86 bits per heavy atom. The average molecular weight is 635 g/mol.